The van der Waals surface area contributed by atoms with E-state index in [4.69, 9.17) is 0 Å². The molecule has 74 valence electrons. The van der Waals surface area contributed by atoms with Gasteiger partial charge in [-0.2, -0.15) is 0 Å². The molecule has 3 aromatic rings. The average molecular weight is 204 g/mol. The van der Waals surface area contributed by atoms with Crippen molar-refractivity contribution in [1.29, 1.82) is 0 Å². The predicted molar refractivity (Wildman–Crippen MR) is 64.0 cm³/mol. The predicted octanol–water partition coefficient (Wildman–Crippen LogP) is 3.28. The van der Waals surface area contributed by atoms with Crippen molar-refractivity contribution in [1.82, 2.24) is 9.97 Å². The maximum absolute atomic E-state index is 4.29. The zero-order valence-corrected chi connectivity index (χ0v) is 8.51. The van der Waals surface area contributed by atoms with E-state index in [0.29, 0.717) is 0 Å². The molecule has 1 aliphatic carbocycles. The number of hydrogen-bond donors (Lipinski definition) is 0. The Balaban J connectivity index is 2.31. The van der Waals surface area contributed by atoms with Crippen molar-refractivity contribution < 1.29 is 0 Å². The first-order valence-corrected chi connectivity index (χ1v) is 5.26. The van der Waals surface area contributed by atoms with Crippen LogP contribution in [-0.4, -0.2) is 9.97 Å². The monoisotopic (exact) mass is 204 g/mol. The van der Waals surface area contributed by atoms with E-state index in [2.05, 4.69) is 34.2 Å². The van der Waals surface area contributed by atoms with E-state index in [0.717, 1.165) is 0 Å². The van der Waals surface area contributed by atoms with Crippen LogP contribution in [0.4, 0.5) is 0 Å². The molecule has 0 bridgehead atoms. The minimum absolute atomic E-state index is 1.20. The van der Waals surface area contributed by atoms with Gasteiger partial charge in [-0.3, -0.25) is 9.97 Å². The Labute approximate surface area is 92.6 Å². The van der Waals surface area contributed by atoms with Crippen molar-refractivity contribution >= 4 is 10.8 Å². The van der Waals surface area contributed by atoms with Gasteiger partial charge in [-0.25, -0.2) is 0 Å². The minimum Gasteiger partial charge on any atom is -0.264 e. The summed E-state index contributed by atoms with van der Waals surface area (Å²) < 4.78 is 0. The summed E-state index contributed by atoms with van der Waals surface area (Å²) in [7, 11) is 0. The number of benzene rings is 1. The third-order valence-corrected chi connectivity index (χ3v) is 3.18. The topological polar surface area (TPSA) is 25.8 Å². The van der Waals surface area contributed by atoms with Gasteiger partial charge in [-0.15, -0.1) is 0 Å². The van der Waals surface area contributed by atoms with Gasteiger partial charge >= 0.3 is 0 Å². The second-order valence-corrected chi connectivity index (χ2v) is 4.01. The van der Waals surface area contributed by atoms with Crippen LogP contribution >= 0.6 is 0 Å². The van der Waals surface area contributed by atoms with Gasteiger partial charge in [-0.05, 0) is 17.2 Å². The van der Waals surface area contributed by atoms with Crippen LogP contribution in [0.25, 0.3) is 33.0 Å². The van der Waals surface area contributed by atoms with Crippen molar-refractivity contribution in [3.63, 3.8) is 0 Å². The first-order valence-electron chi connectivity index (χ1n) is 5.26. The van der Waals surface area contributed by atoms with Gasteiger partial charge in [0.2, 0.25) is 0 Å². The lowest BCUT2D eigenvalue weighted by Gasteiger charge is -1.99. The fraction of sp³-hybridized carbons (Fsp3) is 0. The summed E-state index contributed by atoms with van der Waals surface area (Å²) in [5.41, 5.74) is 4.97. The molecule has 2 nitrogen and oxygen atoms in total. The Bertz CT molecular complexity index is 659. The first kappa shape index (κ1) is 7.99. The molecule has 1 aliphatic rings. The first-order chi connectivity index (χ1) is 7.95. The lowest BCUT2D eigenvalue weighted by Crippen LogP contribution is -1.78. The lowest BCUT2D eigenvalue weighted by molar-refractivity contribution is 1.33. The third kappa shape index (κ3) is 0.823. The summed E-state index contributed by atoms with van der Waals surface area (Å²) in [6.07, 6.45) is 7.61. The van der Waals surface area contributed by atoms with Crippen molar-refractivity contribution in [3.05, 3.63) is 49.1 Å². The summed E-state index contributed by atoms with van der Waals surface area (Å²) in [5, 5.41) is 2.51. The number of hydrogen-bond acceptors (Lipinski definition) is 2. The van der Waals surface area contributed by atoms with Crippen molar-refractivity contribution in [2.24, 2.45) is 0 Å². The summed E-state index contributed by atoms with van der Waals surface area (Å²) >= 11 is 0. The van der Waals surface area contributed by atoms with Crippen LogP contribution in [0.2, 0.25) is 0 Å². The second-order valence-electron chi connectivity index (χ2n) is 4.01. The van der Waals surface area contributed by atoms with E-state index in [1.807, 2.05) is 24.8 Å². The smallest absolute Gasteiger partial charge is 0.0353 e. The molecule has 2 aromatic heterocycles. The van der Waals surface area contributed by atoms with Crippen LogP contribution in [0.5, 0.6) is 0 Å². The van der Waals surface area contributed by atoms with E-state index in [9.17, 15) is 0 Å². The fourth-order valence-electron chi connectivity index (χ4n) is 2.51. The second kappa shape index (κ2) is 2.67. The number of rotatable bonds is 0. The van der Waals surface area contributed by atoms with E-state index in [-0.39, 0.29) is 0 Å². The molecule has 0 spiro atoms. The standard InChI is InChI=1S/C14H8N2/c1-2-9-6-16-8-13-12-7-15-5-4-10(12)11(3-1)14(9)13/h1-8H. The summed E-state index contributed by atoms with van der Waals surface area (Å²) in [4.78, 5) is 8.49. The molecule has 4 rings (SSSR count). The van der Waals surface area contributed by atoms with Gasteiger partial charge in [-0.1, -0.05) is 18.2 Å². The number of pyridine rings is 2. The molecular weight excluding hydrogens is 196 g/mol. The SMILES string of the molecule is c1cc2c3c(cncc3c1)-c1cnccc1-2. The van der Waals surface area contributed by atoms with Crippen molar-refractivity contribution in [2.45, 2.75) is 0 Å². The quantitative estimate of drug-likeness (QED) is 0.439. The van der Waals surface area contributed by atoms with Gasteiger partial charge in [0.1, 0.15) is 0 Å². The highest BCUT2D eigenvalue weighted by Crippen LogP contribution is 2.45. The third-order valence-electron chi connectivity index (χ3n) is 3.18. The van der Waals surface area contributed by atoms with E-state index < -0.39 is 0 Å². The van der Waals surface area contributed by atoms with Crippen LogP contribution in [-0.2, 0) is 0 Å². The summed E-state index contributed by atoms with van der Waals surface area (Å²) in [6.45, 7) is 0. The maximum atomic E-state index is 4.29. The number of fused-ring (bicyclic) bond motifs is 3. The summed E-state index contributed by atoms with van der Waals surface area (Å²) in [5.74, 6) is 0. The Morgan fingerprint density at radius 2 is 1.62 bits per heavy atom. The highest BCUT2D eigenvalue weighted by molar-refractivity contribution is 6.14. The van der Waals surface area contributed by atoms with Crippen LogP contribution in [0, 0.1) is 0 Å². The Kier molecular flexibility index (Phi) is 1.33. The van der Waals surface area contributed by atoms with E-state index in [1.54, 1.807) is 0 Å². The number of aromatic nitrogens is 2. The Morgan fingerprint density at radius 1 is 0.688 bits per heavy atom. The van der Waals surface area contributed by atoms with E-state index in [1.165, 1.54) is 33.0 Å². The molecule has 0 saturated heterocycles. The molecule has 16 heavy (non-hydrogen) atoms. The van der Waals surface area contributed by atoms with Gasteiger partial charge in [0.05, 0.1) is 0 Å². The molecule has 0 atom stereocenters. The molecular formula is C14H8N2. The molecule has 2 heteroatoms. The molecule has 0 amide bonds. The molecule has 2 heterocycles. The zero-order chi connectivity index (χ0) is 10.5. The van der Waals surface area contributed by atoms with Gasteiger partial charge < -0.3 is 0 Å². The van der Waals surface area contributed by atoms with Gasteiger partial charge in [0.25, 0.3) is 0 Å². The molecule has 0 aliphatic heterocycles. The van der Waals surface area contributed by atoms with Crippen LogP contribution in [0.3, 0.4) is 0 Å². The Hall–Kier alpha value is -2.22. The number of nitrogens with zero attached hydrogens (tertiary/aromatic N) is 2. The van der Waals surface area contributed by atoms with Gasteiger partial charge in [0, 0.05) is 46.7 Å². The molecule has 1 aromatic carbocycles. The molecule has 0 fully saturated rings. The fourth-order valence-corrected chi connectivity index (χ4v) is 2.51. The average Bonchev–Trinajstić information content (AvgIpc) is 2.68. The highest BCUT2D eigenvalue weighted by atomic mass is 14.6. The van der Waals surface area contributed by atoms with Gasteiger partial charge in [0.15, 0.2) is 0 Å². The minimum atomic E-state index is 1.20. The largest absolute Gasteiger partial charge is 0.264 e. The maximum Gasteiger partial charge on any atom is 0.0353 e. The Morgan fingerprint density at radius 3 is 2.62 bits per heavy atom. The van der Waals surface area contributed by atoms with Crippen LogP contribution in [0.15, 0.2) is 49.1 Å². The van der Waals surface area contributed by atoms with Crippen LogP contribution < -0.4 is 0 Å². The highest BCUT2D eigenvalue weighted by Gasteiger charge is 2.20. The molecule has 0 N–H and O–H groups in total. The normalized spacial score (nSPS) is 11.8. The van der Waals surface area contributed by atoms with Crippen LogP contribution in [0.1, 0.15) is 0 Å². The van der Waals surface area contributed by atoms with E-state index >= 15 is 0 Å². The zero-order valence-electron chi connectivity index (χ0n) is 8.51. The molecule has 0 saturated carbocycles. The lowest BCUT2D eigenvalue weighted by atomic mass is 10.1. The van der Waals surface area contributed by atoms with Crippen molar-refractivity contribution in [3.8, 4) is 22.3 Å². The van der Waals surface area contributed by atoms with Crippen molar-refractivity contribution in [2.75, 3.05) is 0 Å². The summed E-state index contributed by atoms with van der Waals surface area (Å²) in [6, 6.07) is 8.43. The molecule has 0 radical (unpaired) electrons. The molecule has 0 unspecified atom stereocenters.